The van der Waals surface area contributed by atoms with Crippen LogP contribution in [0, 0.1) is 11.3 Å². The molecule has 1 aliphatic rings. The van der Waals surface area contributed by atoms with Gasteiger partial charge in [0.25, 0.3) is 0 Å². The second-order valence-corrected chi connectivity index (χ2v) is 3.69. The van der Waals surface area contributed by atoms with Gasteiger partial charge in [0.15, 0.2) is 0 Å². The van der Waals surface area contributed by atoms with Gasteiger partial charge in [0, 0.05) is 25.8 Å². The first kappa shape index (κ1) is 10.9. The highest BCUT2D eigenvalue weighted by molar-refractivity contribution is 5.42. The van der Waals surface area contributed by atoms with Crippen molar-refractivity contribution in [2.24, 2.45) is 5.73 Å². The standard InChI is InChI=1S/C11H14N4O/c12-5-9-1-2-11(14-7-9)15-3-4-16-10(6-13)8-15/h1-2,7,10H,3-4,6,8,13H2. The van der Waals surface area contributed by atoms with E-state index in [4.69, 9.17) is 15.7 Å². The molecule has 1 atom stereocenters. The van der Waals surface area contributed by atoms with Crippen LogP contribution in [0.2, 0.25) is 0 Å². The van der Waals surface area contributed by atoms with E-state index in [0.29, 0.717) is 18.7 Å². The summed E-state index contributed by atoms with van der Waals surface area (Å²) in [6, 6.07) is 5.68. The highest BCUT2D eigenvalue weighted by atomic mass is 16.5. The molecule has 1 saturated heterocycles. The van der Waals surface area contributed by atoms with E-state index in [1.54, 1.807) is 12.3 Å². The third kappa shape index (κ3) is 2.30. The largest absolute Gasteiger partial charge is 0.373 e. The maximum absolute atomic E-state index is 8.68. The molecular formula is C11H14N4O. The van der Waals surface area contributed by atoms with Gasteiger partial charge in [-0.1, -0.05) is 0 Å². The molecule has 0 saturated carbocycles. The minimum absolute atomic E-state index is 0.0752. The Morgan fingerprint density at radius 2 is 2.50 bits per heavy atom. The number of hydrogen-bond donors (Lipinski definition) is 1. The highest BCUT2D eigenvalue weighted by Crippen LogP contribution is 2.14. The van der Waals surface area contributed by atoms with E-state index in [-0.39, 0.29) is 6.10 Å². The number of anilines is 1. The first-order valence-corrected chi connectivity index (χ1v) is 5.26. The van der Waals surface area contributed by atoms with Gasteiger partial charge < -0.3 is 15.4 Å². The molecule has 1 fully saturated rings. The topological polar surface area (TPSA) is 75.2 Å². The molecular weight excluding hydrogens is 204 g/mol. The van der Waals surface area contributed by atoms with Crippen molar-refractivity contribution in [2.75, 3.05) is 31.1 Å². The van der Waals surface area contributed by atoms with Crippen LogP contribution in [0.5, 0.6) is 0 Å². The molecule has 0 bridgehead atoms. The summed E-state index contributed by atoms with van der Waals surface area (Å²) in [6.07, 6.45) is 1.66. The van der Waals surface area contributed by atoms with Gasteiger partial charge in [0.1, 0.15) is 11.9 Å². The number of ether oxygens (including phenoxy) is 1. The molecule has 16 heavy (non-hydrogen) atoms. The Balaban J connectivity index is 2.08. The van der Waals surface area contributed by atoms with Crippen LogP contribution in [0.25, 0.3) is 0 Å². The number of nitrogens with two attached hydrogens (primary N) is 1. The first-order valence-electron chi connectivity index (χ1n) is 5.26. The van der Waals surface area contributed by atoms with E-state index in [1.165, 1.54) is 0 Å². The number of morpholine rings is 1. The van der Waals surface area contributed by atoms with E-state index in [2.05, 4.69) is 16.0 Å². The SMILES string of the molecule is N#Cc1ccc(N2CCOC(CN)C2)nc1. The zero-order valence-corrected chi connectivity index (χ0v) is 8.97. The fraction of sp³-hybridized carbons (Fsp3) is 0.455. The van der Waals surface area contributed by atoms with Crippen LogP contribution in [0.15, 0.2) is 18.3 Å². The average Bonchev–Trinajstić information content (AvgIpc) is 2.39. The van der Waals surface area contributed by atoms with E-state index in [9.17, 15) is 0 Å². The van der Waals surface area contributed by atoms with Crippen LogP contribution in [-0.2, 0) is 4.74 Å². The first-order chi connectivity index (χ1) is 7.83. The third-order valence-corrected chi connectivity index (χ3v) is 2.60. The van der Waals surface area contributed by atoms with Crippen molar-refractivity contribution in [1.82, 2.24) is 4.98 Å². The lowest BCUT2D eigenvalue weighted by atomic mass is 10.2. The third-order valence-electron chi connectivity index (χ3n) is 2.60. The molecule has 0 amide bonds. The molecule has 2 N–H and O–H groups in total. The smallest absolute Gasteiger partial charge is 0.128 e. The molecule has 1 aromatic rings. The van der Waals surface area contributed by atoms with Gasteiger partial charge in [0.2, 0.25) is 0 Å². The molecule has 0 radical (unpaired) electrons. The number of rotatable bonds is 2. The fourth-order valence-corrected chi connectivity index (χ4v) is 1.71. The average molecular weight is 218 g/mol. The van der Waals surface area contributed by atoms with E-state index in [1.807, 2.05) is 6.07 Å². The Hall–Kier alpha value is -1.64. The maximum Gasteiger partial charge on any atom is 0.128 e. The lowest BCUT2D eigenvalue weighted by Gasteiger charge is -2.33. The van der Waals surface area contributed by atoms with Gasteiger partial charge in [-0.25, -0.2) is 4.98 Å². The fourth-order valence-electron chi connectivity index (χ4n) is 1.71. The second-order valence-electron chi connectivity index (χ2n) is 3.69. The Labute approximate surface area is 94.4 Å². The van der Waals surface area contributed by atoms with Gasteiger partial charge in [-0.15, -0.1) is 0 Å². The maximum atomic E-state index is 8.68. The van der Waals surface area contributed by atoms with Gasteiger partial charge in [-0.05, 0) is 12.1 Å². The number of aromatic nitrogens is 1. The number of hydrogen-bond acceptors (Lipinski definition) is 5. The van der Waals surface area contributed by atoms with Crippen LogP contribution in [-0.4, -0.2) is 37.3 Å². The predicted octanol–water partition coefficient (Wildman–Crippen LogP) is 0.117. The lowest BCUT2D eigenvalue weighted by Crippen LogP contribution is -2.46. The molecule has 0 spiro atoms. The Kier molecular flexibility index (Phi) is 3.34. The normalized spacial score (nSPS) is 20.5. The summed E-state index contributed by atoms with van der Waals surface area (Å²) >= 11 is 0. The minimum Gasteiger partial charge on any atom is -0.373 e. The van der Waals surface area contributed by atoms with Crippen molar-refractivity contribution in [2.45, 2.75) is 6.10 Å². The van der Waals surface area contributed by atoms with Gasteiger partial charge in [0.05, 0.1) is 18.3 Å². The van der Waals surface area contributed by atoms with Crippen LogP contribution in [0.3, 0.4) is 0 Å². The summed E-state index contributed by atoms with van der Waals surface area (Å²) in [7, 11) is 0. The molecule has 0 aromatic carbocycles. The summed E-state index contributed by atoms with van der Waals surface area (Å²) < 4.78 is 5.48. The van der Waals surface area contributed by atoms with E-state index < -0.39 is 0 Å². The lowest BCUT2D eigenvalue weighted by molar-refractivity contribution is 0.0463. The minimum atomic E-state index is 0.0752. The molecule has 5 nitrogen and oxygen atoms in total. The van der Waals surface area contributed by atoms with Crippen molar-refractivity contribution in [3.05, 3.63) is 23.9 Å². The summed E-state index contributed by atoms with van der Waals surface area (Å²) in [5.74, 6) is 0.876. The van der Waals surface area contributed by atoms with Crippen LogP contribution >= 0.6 is 0 Å². The summed E-state index contributed by atoms with van der Waals surface area (Å²) in [5, 5.41) is 8.68. The Bertz CT molecular complexity index is 384. The van der Waals surface area contributed by atoms with Gasteiger partial charge >= 0.3 is 0 Å². The molecule has 1 unspecified atom stereocenters. The molecule has 2 heterocycles. The molecule has 1 aromatic heterocycles. The van der Waals surface area contributed by atoms with Crippen LogP contribution in [0.4, 0.5) is 5.82 Å². The zero-order valence-electron chi connectivity index (χ0n) is 8.97. The predicted molar refractivity (Wildman–Crippen MR) is 60.0 cm³/mol. The summed E-state index contributed by atoms with van der Waals surface area (Å²) in [5.41, 5.74) is 6.15. The Morgan fingerprint density at radius 3 is 3.12 bits per heavy atom. The molecule has 5 heteroatoms. The van der Waals surface area contributed by atoms with Crippen molar-refractivity contribution in [3.8, 4) is 6.07 Å². The van der Waals surface area contributed by atoms with Gasteiger partial charge in [-0.3, -0.25) is 0 Å². The quantitative estimate of drug-likeness (QED) is 0.763. The van der Waals surface area contributed by atoms with Crippen LogP contribution < -0.4 is 10.6 Å². The summed E-state index contributed by atoms with van der Waals surface area (Å²) in [6.45, 7) is 2.77. The van der Waals surface area contributed by atoms with Gasteiger partial charge in [-0.2, -0.15) is 5.26 Å². The summed E-state index contributed by atoms with van der Waals surface area (Å²) in [4.78, 5) is 6.38. The molecule has 0 aliphatic carbocycles. The van der Waals surface area contributed by atoms with Crippen molar-refractivity contribution < 1.29 is 4.74 Å². The number of nitrogens with zero attached hydrogens (tertiary/aromatic N) is 3. The van der Waals surface area contributed by atoms with Crippen molar-refractivity contribution in [3.63, 3.8) is 0 Å². The Morgan fingerprint density at radius 1 is 1.62 bits per heavy atom. The zero-order chi connectivity index (χ0) is 11.4. The molecule has 84 valence electrons. The molecule has 1 aliphatic heterocycles. The van der Waals surface area contributed by atoms with Crippen molar-refractivity contribution >= 4 is 5.82 Å². The second kappa shape index (κ2) is 4.92. The number of nitriles is 1. The highest BCUT2D eigenvalue weighted by Gasteiger charge is 2.19. The monoisotopic (exact) mass is 218 g/mol. The van der Waals surface area contributed by atoms with Crippen LogP contribution in [0.1, 0.15) is 5.56 Å². The molecule has 2 rings (SSSR count). The van der Waals surface area contributed by atoms with Crippen molar-refractivity contribution in [1.29, 1.82) is 5.26 Å². The number of pyridine rings is 1. The van der Waals surface area contributed by atoms with E-state index >= 15 is 0 Å². The van der Waals surface area contributed by atoms with E-state index in [0.717, 1.165) is 18.9 Å².